The largest absolute Gasteiger partial charge is 0.508 e. The van der Waals surface area contributed by atoms with Gasteiger partial charge in [0.2, 0.25) is 0 Å². The first kappa shape index (κ1) is 56.4. The summed E-state index contributed by atoms with van der Waals surface area (Å²) in [4.78, 5) is 26.8. The summed E-state index contributed by atoms with van der Waals surface area (Å²) in [6.07, 6.45) is 34.6. The third-order valence-electron chi connectivity index (χ3n) is 10.9. The maximum atomic E-state index is 12.4. The minimum Gasteiger partial charge on any atom is -0.434 e. The Kier molecular flexibility index (Phi) is 46.7. The molecule has 0 aromatic carbocycles. The Bertz CT molecular complexity index is 817. The number of carbonyl (C=O) groups excluding carboxylic acids is 2. The number of nitrogens with zero attached hydrogens (tertiary/aromatic N) is 1. The van der Waals surface area contributed by atoms with Gasteiger partial charge in [-0.15, -0.1) is 0 Å². The van der Waals surface area contributed by atoms with Gasteiger partial charge in [-0.25, -0.2) is 9.59 Å². The molecule has 0 spiro atoms. The van der Waals surface area contributed by atoms with Gasteiger partial charge in [-0.2, -0.15) is 0 Å². The molecule has 0 saturated carbocycles. The Balaban J connectivity index is 4.27. The molecule has 0 bridgehead atoms. The summed E-state index contributed by atoms with van der Waals surface area (Å²) in [5.74, 6) is 0.439. The van der Waals surface area contributed by atoms with Crippen LogP contribution in [0.1, 0.15) is 213 Å². The van der Waals surface area contributed by atoms with Crippen LogP contribution in [0.2, 0.25) is 0 Å². The van der Waals surface area contributed by atoms with Crippen molar-refractivity contribution in [1.29, 1.82) is 0 Å². The zero-order valence-corrected chi connectivity index (χ0v) is 38.4. The SMILES string of the molecule is CCCCCCCCCCCOC(=O)OCCCCCN(CCCCCCOC(=O)OCC(CCCCCCCC)CCCCCCCC)CCOCCOCCO. The van der Waals surface area contributed by atoms with Gasteiger partial charge < -0.3 is 38.4 Å². The second-order valence-corrected chi connectivity index (χ2v) is 16.4. The lowest BCUT2D eigenvalue weighted by atomic mass is 9.95. The van der Waals surface area contributed by atoms with E-state index in [-0.39, 0.29) is 6.61 Å². The molecule has 0 aromatic heterocycles. The Morgan fingerprint density at radius 2 is 0.759 bits per heavy atom. The normalized spacial score (nSPS) is 11.5. The number of unbranched alkanes of at least 4 members (excludes halogenated alkanes) is 23. The van der Waals surface area contributed by atoms with Gasteiger partial charge in [-0.1, -0.05) is 162 Å². The zero-order valence-electron chi connectivity index (χ0n) is 38.4. The fraction of sp³-hybridized carbons (Fsp3) is 0.958. The molecule has 0 rings (SSSR count). The van der Waals surface area contributed by atoms with Crippen molar-refractivity contribution in [3.8, 4) is 0 Å². The molecule has 58 heavy (non-hydrogen) atoms. The minimum atomic E-state index is -0.546. The Morgan fingerprint density at radius 3 is 1.21 bits per heavy atom. The minimum absolute atomic E-state index is 0.0225. The highest BCUT2D eigenvalue weighted by Gasteiger charge is 2.13. The first-order valence-electron chi connectivity index (χ1n) is 24.6. The maximum absolute atomic E-state index is 12.4. The molecular formula is C48H95NO9. The van der Waals surface area contributed by atoms with Crippen molar-refractivity contribution in [1.82, 2.24) is 4.90 Å². The van der Waals surface area contributed by atoms with Gasteiger partial charge in [0.1, 0.15) is 0 Å². The van der Waals surface area contributed by atoms with E-state index in [0.717, 1.165) is 90.3 Å². The van der Waals surface area contributed by atoms with E-state index >= 15 is 0 Å². The average Bonchev–Trinajstić information content (AvgIpc) is 3.22. The van der Waals surface area contributed by atoms with Crippen LogP contribution in [0, 0.1) is 5.92 Å². The molecule has 0 aromatic rings. The van der Waals surface area contributed by atoms with Crippen LogP contribution in [-0.2, 0) is 28.4 Å². The van der Waals surface area contributed by atoms with E-state index in [1.54, 1.807) is 0 Å². The first-order valence-corrected chi connectivity index (χ1v) is 24.6. The predicted molar refractivity (Wildman–Crippen MR) is 239 cm³/mol. The highest BCUT2D eigenvalue weighted by molar-refractivity contribution is 5.60. The lowest BCUT2D eigenvalue weighted by molar-refractivity contribution is 0.0261. The molecule has 0 unspecified atom stereocenters. The van der Waals surface area contributed by atoms with Crippen LogP contribution in [0.15, 0.2) is 0 Å². The summed E-state index contributed by atoms with van der Waals surface area (Å²) in [6, 6.07) is 0. The highest BCUT2D eigenvalue weighted by Crippen LogP contribution is 2.20. The molecule has 0 aliphatic heterocycles. The van der Waals surface area contributed by atoms with Crippen LogP contribution >= 0.6 is 0 Å². The summed E-state index contributed by atoms with van der Waals surface area (Å²) in [5.41, 5.74) is 0. The molecule has 10 nitrogen and oxygen atoms in total. The highest BCUT2D eigenvalue weighted by atomic mass is 16.7. The van der Waals surface area contributed by atoms with Crippen LogP contribution in [0.25, 0.3) is 0 Å². The van der Waals surface area contributed by atoms with Crippen molar-refractivity contribution in [3.05, 3.63) is 0 Å². The molecule has 10 heteroatoms. The summed E-state index contributed by atoms with van der Waals surface area (Å²) in [6.45, 7) is 13.2. The second kappa shape index (κ2) is 48.1. The standard InChI is InChI=1S/C48H95NO9/c1-4-7-10-13-16-17-18-22-29-38-55-47(51)56-40-31-24-28-35-49(36-41-53-43-44-54-42-37-50)34-27-21-23-30-39-57-48(52)58-45-46(32-25-19-14-11-8-5-2)33-26-20-15-12-9-6-3/h46,50H,4-45H2,1-3H3. The fourth-order valence-corrected chi connectivity index (χ4v) is 7.21. The van der Waals surface area contributed by atoms with Crippen molar-refractivity contribution in [2.75, 3.05) is 79.1 Å². The molecule has 0 aliphatic carbocycles. The molecule has 0 radical (unpaired) electrons. The van der Waals surface area contributed by atoms with Gasteiger partial charge in [0.25, 0.3) is 0 Å². The number of aliphatic hydroxyl groups excluding tert-OH is 1. The molecule has 0 amide bonds. The Hall–Kier alpha value is -1.62. The lowest BCUT2D eigenvalue weighted by Gasteiger charge is -2.22. The quantitative estimate of drug-likeness (QED) is 0.0470. The van der Waals surface area contributed by atoms with E-state index in [9.17, 15) is 9.59 Å². The van der Waals surface area contributed by atoms with Crippen LogP contribution in [0.3, 0.4) is 0 Å². The summed E-state index contributed by atoms with van der Waals surface area (Å²) < 4.78 is 32.7. The van der Waals surface area contributed by atoms with Crippen LogP contribution < -0.4 is 0 Å². The van der Waals surface area contributed by atoms with Crippen molar-refractivity contribution in [2.24, 2.45) is 5.92 Å². The van der Waals surface area contributed by atoms with Gasteiger partial charge >= 0.3 is 12.3 Å². The summed E-state index contributed by atoms with van der Waals surface area (Å²) >= 11 is 0. The molecule has 0 fully saturated rings. The number of hydrogen-bond donors (Lipinski definition) is 1. The van der Waals surface area contributed by atoms with E-state index < -0.39 is 12.3 Å². The van der Waals surface area contributed by atoms with Crippen molar-refractivity contribution in [3.63, 3.8) is 0 Å². The Morgan fingerprint density at radius 1 is 0.397 bits per heavy atom. The van der Waals surface area contributed by atoms with Crippen molar-refractivity contribution >= 4 is 12.3 Å². The smallest absolute Gasteiger partial charge is 0.434 e. The zero-order chi connectivity index (χ0) is 42.3. The van der Waals surface area contributed by atoms with E-state index in [0.29, 0.717) is 58.8 Å². The van der Waals surface area contributed by atoms with E-state index in [2.05, 4.69) is 25.7 Å². The number of hydrogen-bond acceptors (Lipinski definition) is 10. The fourth-order valence-electron chi connectivity index (χ4n) is 7.21. The average molecular weight is 830 g/mol. The van der Waals surface area contributed by atoms with Gasteiger partial charge in [-0.3, -0.25) is 0 Å². The topological polar surface area (TPSA) is 113 Å². The number of ether oxygens (including phenoxy) is 6. The number of carbonyl (C=O) groups is 2. The number of aliphatic hydroxyl groups is 1. The second-order valence-electron chi connectivity index (χ2n) is 16.4. The van der Waals surface area contributed by atoms with Crippen LogP contribution in [0.4, 0.5) is 9.59 Å². The molecule has 0 heterocycles. The summed E-state index contributed by atoms with van der Waals surface area (Å²) in [5, 5.41) is 8.88. The lowest BCUT2D eigenvalue weighted by Crippen LogP contribution is -2.30. The van der Waals surface area contributed by atoms with Crippen molar-refractivity contribution in [2.45, 2.75) is 213 Å². The van der Waals surface area contributed by atoms with Gasteiger partial charge in [0.15, 0.2) is 0 Å². The van der Waals surface area contributed by atoms with E-state index in [4.69, 9.17) is 33.5 Å². The van der Waals surface area contributed by atoms with E-state index in [1.165, 1.54) is 122 Å². The van der Waals surface area contributed by atoms with Crippen LogP contribution in [0.5, 0.6) is 0 Å². The molecule has 0 saturated heterocycles. The molecule has 0 atom stereocenters. The molecule has 346 valence electrons. The maximum Gasteiger partial charge on any atom is 0.508 e. The van der Waals surface area contributed by atoms with Crippen LogP contribution in [-0.4, -0.2) is 101 Å². The summed E-state index contributed by atoms with van der Waals surface area (Å²) in [7, 11) is 0. The van der Waals surface area contributed by atoms with Crippen molar-refractivity contribution < 1.29 is 43.1 Å². The van der Waals surface area contributed by atoms with Gasteiger partial charge in [-0.05, 0) is 70.4 Å². The van der Waals surface area contributed by atoms with Gasteiger partial charge in [0.05, 0.1) is 59.5 Å². The molecular weight excluding hydrogens is 735 g/mol. The molecule has 0 aliphatic rings. The predicted octanol–water partition coefficient (Wildman–Crippen LogP) is 13.0. The first-order chi connectivity index (χ1) is 28.6. The Labute approximate surface area is 357 Å². The van der Waals surface area contributed by atoms with E-state index in [1.807, 2.05) is 0 Å². The third kappa shape index (κ3) is 43.9. The monoisotopic (exact) mass is 830 g/mol. The number of rotatable bonds is 47. The van der Waals surface area contributed by atoms with Gasteiger partial charge in [0, 0.05) is 6.54 Å². The third-order valence-corrected chi connectivity index (χ3v) is 10.9. The molecule has 1 N–H and O–H groups in total.